The molecule has 22 heavy (non-hydrogen) atoms. The van der Waals surface area contributed by atoms with Crippen LogP contribution in [0.4, 0.5) is 0 Å². The fourth-order valence-electron chi connectivity index (χ4n) is 3.55. The lowest BCUT2D eigenvalue weighted by Crippen LogP contribution is -2.36. The summed E-state index contributed by atoms with van der Waals surface area (Å²) in [4.78, 5) is 10.5. The third-order valence-electron chi connectivity index (χ3n) is 4.67. The second-order valence-corrected chi connectivity index (χ2v) is 7.55. The summed E-state index contributed by atoms with van der Waals surface area (Å²) in [6.07, 6.45) is 4.17. The zero-order valence-corrected chi connectivity index (χ0v) is 13.9. The molecule has 0 spiro atoms. The normalized spacial score (nSPS) is 20.6. The number of likely N-dealkylation sites (tertiary alicyclic amines) is 1. The molecule has 2 N–H and O–H groups in total. The molecule has 120 valence electrons. The van der Waals surface area contributed by atoms with Gasteiger partial charge in [-0.1, -0.05) is 20.8 Å². The van der Waals surface area contributed by atoms with Crippen LogP contribution in [0.1, 0.15) is 44.9 Å². The summed E-state index contributed by atoms with van der Waals surface area (Å²) in [5.41, 5.74) is 3.71. The Kier molecular flexibility index (Phi) is 4.24. The third kappa shape index (κ3) is 3.03. The van der Waals surface area contributed by atoms with Crippen molar-refractivity contribution in [1.82, 2.24) is 14.9 Å². The van der Waals surface area contributed by atoms with Gasteiger partial charge in [-0.15, -0.1) is 0 Å². The zero-order valence-electron chi connectivity index (χ0n) is 13.9. The molecule has 2 aromatic heterocycles. The number of aliphatic hydroxyl groups is 1. The Labute approximate surface area is 132 Å². The summed E-state index contributed by atoms with van der Waals surface area (Å²) in [5, 5.41) is 10.7. The quantitative estimate of drug-likeness (QED) is 0.916. The zero-order chi connectivity index (χ0) is 15.7. The minimum Gasteiger partial charge on any atom is -0.396 e. The van der Waals surface area contributed by atoms with Crippen LogP contribution >= 0.6 is 0 Å². The number of nitrogens with zero attached hydrogens (tertiary/aromatic N) is 2. The van der Waals surface area contributed by atoms with E-state index in [1.54, 1.807) is 0 Å². The van der Waals surface area contributed by atoms with Crippen molar-refractivity contribution in [3.8, 4) is 0 Å². The highest BCUT2D eigenvalue weighted by molar-refractivity contribution is 5.81. The fourth-order valence-corrected chi connectivity index (χ4v) is 3.55. The van der Waals surface area contributed by atoms with E-state index in [1.165, 1.54) is 23.1 Å². The van der Waals surface area contributed by atoms with E-state index in [2.05, 4.69) is 41.7 Å². The number of hydrogen-bond donors (Lipinski definition) is 2. The van der Waals surface area contributed by atoms with Crippen LogP contribution in [0.5, 0.6) is 0 Å². The van der Waals surface area contributed by atoms with Crippen molar-refractivity contribution in [3.05, 3.63) is 29.6 Å². The van der Waals surface area contributed by atoms with Crippen LogP contribution in [0.2, 0.25) is 0 Å². The molecule has 0 amide bonds. The van der Waals surface area contributed by atoms with Gasteiger partial charge in [0.2, 0.25) is 0 Å². The standard InChI is InChI=1S/C18H27N3O/c1-18(2,3)16-15(14-7-4-8-19-17(14)20-16)11-21-9-5-6-13(10-21)12-22/h4,7-8,13,22H,5-6,9-12H2,1-3H3,(H,19,20)/t13-/m1/s1. The van der Waals surface area contributed by atoms with Crippen molar-refractivity contribution in [1.29, 1.82) is 0 Å². The topological polar surface area (TPSA) is 52.2 Å². The second-order valence-electron chi connectivity index (χ2n) is 7.55. The monoisotopic (exact) mass is 301 g/mol. The molecule has 1 aliphatic rings. The Morgan fingerprint density at radius 3 is 2.95 bits per heavy atom. The molecule has 1 fully saturated rings. The second kappa shape index (κ2) is 6.01. The molecule has 4 heteroatoms. The number of H-pyrrole nitrogens is 1. The van der Waals surface area contributed by atoms with Crippen molar-refractivity contribution in [3.63, 3.8) is 0 Å². The summed E-state index contributed by atoms with van der Waals surface area (Å²) in [7, 11) is 0. The number of hydrogen-bond acceptors (Lipinski definition) is 3. The molecule has 0 saturated carbocycles. The number of fused-ring (bicyclic) bond motifs is 1. The molecule has 0 aromatic carbocycles. The summed E-state index contributed by atoms with van der Waals surface area (Å²) < 4.78 is 0. The molecular weight excluding hydrogens is 274 g/mol. The van der Waals surface area contributed by atoms with E-state index in [-0.39, 0.29) is 5.41 Å². The Morgan fingerprint density at radius 2 is 2.23 bits per heavy atom. The number of aromatic nitrogens is 2. The first kappa shape index (κ1) is 15.5. The number of pyridine rings is 1. The average molecular weight is 301 g/mol. The maximum atomic E-state index is 9.45. The SMILES string of the molecule is CC(C)(C)c1[nH]c2ncccc2c1CN1CCC[C@@H](CO)C1. The Morgan fingerprint density at radius 1 is 1.41 bits per heavy atom. The molecular formula is C18H27N3O. The molecule has 0 aliphatic carbocycles. The number of nitrogens with one attached hydrogen (secondary N) is 1. The van der Waals surface area contributed by atoms with Gasteiger partial charge in [-0.25, -0.2) is 4.98 Å². The Hall–Kier alpha value is -1.39. The molecule has 2 aromatic rings. The van der Waals surface area contributed by atoms with E-state index in [1.807, 2.05) is 12.3 Å². The first-order chi connectivity index (χ1) is 10.5. The summed E-state index contributed by atoms with van der Waals surface area (Å²) in [6, 6.07) is 4.18. The molecule has 1 atom stereocenters. The van der Waals surface area contributed by atoms with Crippen LogP contribution in [-0.2, 0) is 12.0 Å². The van der Waals surface area contributed by atoms with E-state index >= 15 is 0 Å². The van der Waals surface area contributed by atoms with E-state index < -0.39 is 0 Å². The maximum absolute atomic E-state index is 9.45. The fraction of sp³-hybridized carbons (Fsp3) is 0.611. The van der Waals surface area contributed by atoms with Crippen molar-refractivity contribution >= 4 is 11.0 Å². The van der Waals surface area contributed by atoms with Crippen LogP contribution in [0.15, 0.2) is 18.3 Å². The van der Waals surface area contributed by atoms with Crippen LogP contribution < -0.4 is 0 Å². The lowest BCUT2D eigenvalue weighted by molar-refractivity contribution is 0.116. The Balaban J connectivity index is 1.94. The summed E-state index contributed by atoms with van der Waals surface area (Å²) in [6.45, 7) is 10.1. The van der Waals surface area contributed by atoms with Crippen molar-refractivity contribution in [2.24, 2.45) is 5.92 Å². The van der Waals surface area contributed by atoms with Gasteiger partial charge in [0.25, 0.3) is 0 Å². The van der Waals surface area contributed by atoms with Crippen LogP contribution in [0.3, 0.4) is 0 Å². The molecule has 0 bridgehead atoms. The predicted molar refractivity (Wildman–Crippen MR) is 89.9 cm³/mol. The van der Waals surface area contributed by atoms with Crippen LogP contribution in [0, 0.1) is 5.92 Å². The minimum atomic E-state index is 0.0716. The highest BCUT2D eigenvalue weighted by atomic mass is 16.3. The number of piperidine rings is 1. The molecule has 1 aliphatic heterocycles. The average Bonchev–Trinajstić information content (AvgIpc) is 2.87. The largest absolute Gasteiger partial charge is 0.396 e. The third-order valence-corrected chi connectivity index (χ3v) is 4.67. The first-order valence-corrected chi connectivity index (χ1v) is 8.28. The maximum Gasteiger partial charge on any atom is 0.137 e. The van der Waals surface area contributed by atoms with Gasteiger partial charge in [-0.2, -0.15) is 0 Å². The van der Waals surface area contributed by atoms with Crippen molar-refractivity contribution < 1.29 is 5.11 Å². The van der Waals surface area contributed by atoms with Gasteiger partial charge in [0.15, 0.2) is 0 Å². The number of aromatic amines is 1. The lowest BCUT2D eigenvalue weighted by Gasteiger charge is -2.32. The summed E-state index contributed by atoms with van der Waals surface area (Å²) in [5.74, 6) is 0.426. The van der Waals surface area contributed by atoms with E-state index in [0.29, 0.717) is 12.5 Å². The predicted octanol–water partition coefficient (Wildman–Crippen LogP) is 3.06. The van der Waals surface area contributed by atoms with Gasteiger partial charge < -0.3 is 10.1 Å². The molecule has 0 unspecified atom stereocenters. The van der Waals surface area contributed by atoms with Crippen LogP contribution in [-0.4, -0.2) is 39.7 Å². The van der Waals surface area contributed by atoms with Crippen molar-refractivity contribution in [2.75, 3.05) is 19.7 Å². The van der Waals surface area contributed by atoms with Gasteiger partial charge in [0.05, 0.1) is 0 Å². The van der Waals surface area contributed by atoms with Crippen molar-refractivity contribution in [2.45, 2.75) is 45.6 Å². The number of aliphatic hydroxyl groups excluding tert-OH is 1. The Bertz CT molecular complexity index is 641. The smallest absolute Gasteiger partial charge is 0.137 e. The first-order valence-electron chi connectivity index (χ1n) is 8.28. The molecule has 4 nitrogen and oxygen atoms in total. The summed E-state index contributed by atoms with van der Waals surface area (Å²) >= 11 is 0. The molecule has 0 radical (unpaired) electrons. The van der Waals surface area contributed by atoms with E-state index in [0.717, 1.165) is 31.7 Å². The van der Waals surface area contributed by atoms with Gasteiger partial charge in [0, 0.05) is 42.4 Å². The highest BCUT2D eigenvalue weighted by Gasteiger charge is 2.26. The van der Waals surface area contributed by atoms with Gasteiger partial charge in [-0.05, 0) is 43.0 Å². The number of rotatable bonds is 3. The lowest BCUT2D eigenvalue weighted by atomic mass is 9.88. The van der Waals surface area contributed by atoms with Crippen LogP contribution in [0.25, 0.3) is 11.0 Å². The molecule has 3 rings (SSSR count). The highest BCUT2D eigenvalue weighted by Crippen LogP contribution is 2.32. The van der Waals surface area contributed by atoms with Gasteiger partial charge in [0.1, 0.15) is 5.65 Å². The molecule has 1 saturated heterocycles. The van der Waals surface area contributed by atoms with Gasteiger partial charge in [-0.3, -0.25) is 4.90 Å². The van der Waals surface area contributed by atoms with E-state index in [9.17, 15) is 5.11 Å². The minimum absolute atomic E-state index is 0.0716. The van der Waals surface area contributed by atoms with E-state index in [4.69, 9.17) is 0 Å². The van der Waals surface area contributed by atoms with Gasteiger partial charge >= 0.3 is 0 Å². The molecule has 3 heterocycles.